The number of hydrogen-bond donors (Lipinski definition) is 1. The van der Waals surface area contributed by atoms with Crippen molar-refractivity contribution in [2.45, 2.75) is 33.1 Å². The molecular formula is C15H24ClNO. The highest BCUT2D eigenvalue weighted by Gasteiger charge is 2.15. The molecule has 2 atom stereocenters. The third-order valence-corrected chi connectivity index (χ3v) is 3.76. The van der Waals surface area contributed by atoms with Crippen molar-refractivity contribution in [1.82, 2.24) is 5.32 Å². The standard InChI is InChI=1S/C15H24ClNO/c1-5-8-17-10-11(2)12(3)13-6-7-14(16)15(9-13)18-4/h6-7,9,11-12,17H,5,8,10H2,1-4H3. The van der Waals surface area contributed by atoms with Gasteiger partial charge in [0, 0.05) is 0 Å². The Morgan fingerprint density at radius 2 is 2.06 bits per heavy atom. The molecule has 1 rings (SSSR count). The molecule has 0 saturated heterocycles. The van der Waals surface area contributed by atoms with Gasteiger partial charge >= 0.3 is 0 Å². The van der Waals surface area contributed by atoms with E-state index in [0.29, 0.717) is 16.9 Å². The van der Waals surface area contributed by atoms with Crippen LogP contribution in [0.5, 0.6) is 5.75 Å². The molecule has 0 aromatic heterocycles. The zero-order chi connectivity index (χ0) is 13.5. The predicted octanol–water partition coefficient (Wildman–Crippen LogP) is 4.09. The zero-order valence-electron chi connectivity index (χ0n) is 11.8. The van der Waals surface area contributed by atoms with Gasteiger partial charge in [-0.2, -0.15) is 0 Å². The maximum Gasteiger partial charge on any atom is 0.137 e. The van der Waals surface area contributed by atoms with Gasteiger partial charge in [-0.1, -0.05) is 38.4 Å². The third-order valence-electron chi connectivity index (χ3n) is 3.45. The highest BCUT2D eigenvalue weighted by molar-refractivity contribution is 6.32. The molecule has 0 amide bonds. The van der Waals surface area contributed by atoms with Crippen LogP contribution >= 0.6 is 11.6 Å². The number of nitrogens with one attached hydrogen (secondary N) is 1. The van der Waals surface area contributed by atoms with Crippen LogP contribution < -0.4 is 10.1 Å². The van der Waals surface area contributed by atoms with Gasteiger partial charge < -0.3 is 10.1 Å². The van der Waals surface area contributed by atoms with Gasteiger partial charge in [0.2, 0.25) is 0 Å². The Kier molecular flexibility index (Phi) is 6.51. The zero-order valence-corrected chi connectivity index (χ0v) is 12.6. The average Bonchev–Trinajstić information content (AvgIpc) is 2.38. The third kappa shape index (κ3) is 4.18. The van der Waals surface area contributed by atoms with E-state index in [0.717, 1.165) is 18.8 Å². The van der Waals surface area contributed by atoms with E-state index in [1.54, 1.807) is 7.11 Å². The van der Waals surface area contributed by atoms with Crippen molar-refractivity contribution in [3.8, 4) is 5.75 Å². The minimum absolute atomic E-state index is 0.487. The van der Waals surface area contributed by atoms with Crippen molar-refractivity contribution in [3.05, 3.63) is 28.8 Å². The molecule has 2 nitrogen and oxygen atoms in total. The Labute approximate surface area is 116 Å². The molecule has 0 aliphatic rings. The number of benzene rings is 1. The normalized spacial score (nSPS) is 14.3. The largest absolute Gasteiger partial charge is 0.495 e. The number of hydrogen-bond acceptors (Lipinski definition) is 2. The quantitative estimate of drug-likeness (QED) is 0.753. The number of halogens is 1. The van der Waals surface area contributed by atoms with Crippen molar-refractivity contribution in [1.29, 1.82) is 0 Å². The van der Waals surface area contributed by atoms with Gasteiger partial charge in [0.1, 0.15) is 5.75 Å². The van der Waals surface area contributed by atoms with E-state index in [1.807, 2.05) is 12.1 Å². The van der Waals surface area contributed by atoms with E-state index < -0.39 is 0 Å². The highest BCUT2D eigenvalue weighted by Crippen LogP contribution is 2.31. The van der Waals surface area contributed by atoms with Gasteiger partial charge in [-0.3, -0.25) is 0 Å². The summed E-state index contributed by atoms with van der Waals surface area (Å²) in [5.74, 6) is 1.83. The molecule has 0 saturated carbocycles. The first-order valence-electron chi connectivity index (χ1n) is 6.64. The lowest BCUT2D eigenvalue weighted by Gasteiger charge is -2.21. The summed E-state index contributed by atoms with van der Waals surface area (Å²) >= 11 is 6.05. The summed E-state index contributed by atoms with van der Waals surface area (Å²) in [7, 11) is 1.65. The summed E-state index contributed by atoms with van der Waals surface area (Å²) in [5, 5.41) is 4.14. The van der Waals surface area contributed by atoms with Crippen LogP contribution in [0.2, 0.25) is 5.02 Å². The van der Waals surface area contributed by atoms with Crippen molar-refractivity contribution in [3.63, 3.8) is 0 Å². The summed E-state index contributed by atoms with van der Waals surface area (Å²) in [6.45, 7) is 8.83. The molecule has 3 heteroatoms. The molecule has 0 spiro atoms. The van der Waals surface area contributed by atoms with Gasteiger partial charge in [0.05, 0.1) is 12.1 Å². The van der Waals surface area contributed by atoms with Crippen LogP contribution in [0.15, 0.2) is 18.2 Å². The molecule has 2 unspecified atom stereocenters. The SMILES string of the molecule is CCCNCC(C)C(C)c1ccc(Cl)c(OC)c1. The van der Waals surface area contributed by atoms with Crippen LogP contribution in [0.1, 0.15) is 38.7 Å². The second kappa shape index (κ2) is 7.65. The molecule has 0 bridgehead atoms. The first-order valence-corrected chi connectivity index (χ1v) is 7.02. The van der Waals surface area contributed by atoms with Gasteiger partial charge in [-0.05, 0) is 49.0 Å². The highest BCUT2D eigenvalue weighted by atomic mass is 35.5. The molecule has 18 heavy (non-hydrogen) atoms. The molecule has 1 aromatic rings. The van der Waals surface area contributed by atoms with Gasteiger partial charge in [-0.15, -0.1) is 0 Å². The molecule has 0 radical (unpaired) electrons. The number of methoxy groups -OCH3 is 1. The fourth-order valence-corrected chi connectivity index (χ4v) is 2.17. The van der Waals surface area contributed by atoms with E-state index in [1.165, 1.54) is 12.0 Å². The summed E-state index contributed by atoms with van der Waals surface area (Å²) < 4.78 is 5.27. The number of rotatable bonds is 7. The predicted molar refractivity (Wildman–Crippen MR) is 78.7 cm³/mol. The molecule has 0 aliphatic heterocycles. The first-order chi connectivity index (χ1) is 8.60. The summed E-state index contributed by atoms with van der Waals surface area (Å²) in [5.41, 5.74) is 1.28. The maximum atomic E-state index is 6.05. The summed E-state index contributed by atoms with van der Waals surface area (Å²) in [6.07, 6.45) is 1.18. The van der Waals surface area contributed by atoms with Crippen molar-refractivity contribution < 1.29 is 4.74 Å². The van der Waals surface area contributed by atoms with E-state index in [9.17, 15) is 0 Å². The monoisotopic (exact) mass is 269 g/mol. The second-order valence-electron chi connectivity index (χ2n) is 4.86. The summed E-state index contributed by atoms with van der Waals surface area (Å²) in [4.78, 5) is 0. The molecule has 102 valence electrons. The van der Waals surface area contributed by atoms with E-state index in [4.69, 9.17) is 16.3 Å². The average molecular weight is 270 g/mol. The fourth-order valence-electron chi connectivity index (χ4n) is 1.97. The molecular weight excluding hydrogens is 246 g/mol. The van der Waals surface area contributed by atoms with Crippen LogP contribution in [0.25, 0.3) is 0 Å². The van der Waals surface area contributed by atoms with Crippen molar-refractivity contribution >= 4 is 11.6 Å². The fraction of sp³-hybridized carbons (Fsp3) is 0.600. The lowest BCUT2D eigenvalue weighted by Crippen LogP contribution is -2.25. The van der Waals surface area contributed by atoms with Crippen LogP contribution in [0, 0.1) is 5.92 Å². The Bertz CT molecular complexity index is 368. The van der Waals surface area contributed by atoms with Gasteiger partial charge in [0.15, 0.2) is 0 Å². The van der Waals surface area contributed by atoms with Crippen molar-refractivity contribution in [2.75, 3.05) is 20.2 Å². The second-order valence-corrected chi connectivity index (χ2v) is 5.27. The van der Waals surface area contributed by atoms with E-state index in [2.05, 4.69) is 32.2 Å². The Morgan fingerprint density at radius 1 is 1.33 bits per heavy atom. The van der Waals surface area contributed by atoms with Crippen LogP contribution in [0.3, 0.4) is 0 Å². The summed E-state index contributed by atoms with van der Waals surface area (Å²) in [6, 6.07) is 6.05. The Balaban J connectivity index is 2.67. The molecule has 0 heterocycles. The molecule has 0 aliphatic carbocycles. The smallest absolute Gasteiger partial charge is 0.137 e. The Morgan fingerprint density at radius 3 is 2.67 bits per heavy atom. The topological polar surface area (TPSA) is 21.3 Å². The number of ether oxygens (including phenoxy) is 1. The van der Waals surface area contributed by atoms with E-state index in [-0.39, 0.29) is 0 Å². The molecule has 1 N–H and O–H groups in total. The van der Waals surface area contributed by atoms with Crippen molar-refractivity contribution in [2.24, 2.45) is 5.92 Å². The molecule has 1 aromatic carbocycles. The van der Waals surface area contributed by atoms with Crippen LogP contribution in [-0.4, -0.2) is 20.2 Å². The van der Waals surface area contributed by atoms with Gasteiger partial charge in [0.25, 0.3) is 0 Å². The minimum atomic E-state index is 0.487. The van der Waals surface area contributed by atoms with Crippen LogP contribution in [0.4, 0.5) is 0 Å². The minimum Gasteiger partial charge on any atom is -0.495 e. The molecule has 0 fully saturated rings. The lowest BCUT2D eigenvalue weighted by atomic mass is 9.89. The van der Waals surface area contributed by atoms with Crippen LogP contribution in [-0.2, 0) is 0 Å². The maximum absolute atomic E-state index is 6.05. The van der Waals surface area contributed by atoms with E-state index >= 15 is 0 Å². The first kappa shape index (κ1) is 15.3. The van der Waals surface area contributed by atoms with Gasteiger partial charge in [-0.25, -0.2) is 0 Å². The Hall–Kier alpha value is -0.730. The lowest BCUT2D eigenvalue weighted by molar-refractivity contribution is 0.411.